The van der Waals surface area contributed by atoms with Crippen molar-refractivity contribution < 1.29 is 10.0 Å². The number of nitrogens with zero attached hydrogens (tertiary/aromatic N) is 3. The van der Waals surface area contributed by atoms with E-state index in [9.17, 15) is 15.2 Å². The molecule has 0 saturated heterocycles. The predicted octanol–water partition coefficient (Wildman–Crippen LogP) is 2.81. The first-order chi connectivity index (χ1) is 11.0. The Balaban J connectivity index is 1.95. The second kappa shape index (κ2) is 7.51. The summed E-state index contributed by atoms with van der Waals surface area (Å²) in [4.78, 5) is 16.4. The average molecular weight is 313 g/mol. The molecule has 0 bridgehead atoms. The summed E-state index contributed by atoms with van der Waals surface area (Å²) in [6, 6.07) is 13.7. The number of anilines is 1. The van der Waals surface area contributed by atoms with Crippen LogP contribution in [0.5, 0.6) is 0 Å². The van der Waals surface area contributed by atoms with Crippen LogP contribution < -0.4 is 4.90 Å². The molecule has 2 rings (SSSR count). The monoisotopic (exact) mass is 313 g/mol. The van der Waals surface area contributed by atoms with Crippen molar-refractivity contribution in [1.82, 2.24) is 0 Å². The molecular formula is C17H19N3O3. The molecule has 0 heterocycles. The van der Waals surface area contributed by atoms with E-state index in [-0.39, 0.29) is 12.2 Å². The highest BCUT2D eigenvalue weighted by molar-refractivity contribution is 5.80. The van der Waals surface area contributed by atoms with E-state index < -0.39 is 11.0 Å². The quantitative estimate of drug-likeness (QED) is 0.505. The molecule has 0 aliphatic carbocycles. The zero-order chi connectivity index (χ0) is 16.8. The van der Waals surface area contributed by atoms with Gasteiger partial charge in [-0.25, -0.2) is 0 Å². The van der Waals surface area contributed by atoms with Gasteiger partial charge in [-0.3, -0.25) is 15.1 Å². The smallest absolute Gasteiger partial charge is 0.269 e. The predicted molar refractivity (Wildman–Crippen MR) is 91.3 cm³/mol. The SMILES string of the molecule is CN(C)c1ccc(C=NCC(O)c2ccc([N+](=O)[O-])cc2)cc1. The Morgan fingerprint density at radius 1 is 1.17 bits per heavy atom. The van der Waals surface area contributed by atoms with E-state index >= 15 is 0 Å². The van der Waals surface area contributed by atoms with Gasteiger partial charge in [0.05, 0.1) is 17.6 Å². The fourth-order valence-corrected chi connectivity index (χ4v) is 2.04. The van der Waals surface area contributed by atoms with Crippen molar-refractivity contribution in [3.05, 3.63) is 69.8 Å². The minimum absolute atomic E-state index is 0.00503. The molecule has 6 heteroatoms. The largest absolute Gasteiger partial charge is 0.386 e. The number of non-ortho nitro benzene ring substituents is 1. The minimum atomic E-state index is -0.784. The maximum Gasteiger partial charge on any atom is 0.269 e. The molecule has 2 aromatic rings. The Kier molecular flexibility index (Phi) is 5.43. The van der Waals surface area contributed by atoms with Gasteiger partial charge in [0.2, 0.25) is 0 Å². The van der Waals surface area contributed by atoms with E-state index in [1.54, 1.807) is 18.3 Å². The number of aliphatic hydroxyl groups is 1. The van der Waals surface area contributed by atoms with Gasteiger partial charge in [0.1, 0.15) is 0 Å². The van der Waals surface area contributed by atoms with Crippen LogP contribution in [0.3, 0.4) is 0 Å². The van der Waals surface area contributed by atoms with Crippen LogP contribution in [0.2, 0.25) is 0 Å². The van der Waals surface area contributed by atoms with E-state index in [1.807, 2.05) is 43.3 Å². The van der Waals surface area contributed by atoms with E-state index in [0.29, 0.717) is 5.56 Å². The lowest BCUT2D eigenvalue weighted by atomic mass is 10.1. The number of benzene rings is 2. The summed E-state index contributed by atoms with van der Waals surface area (Å²) in [6.07, 6.45) is 0.918. The first-order valence-electron chi connectivity index (χ1n) is 7.17. The lowest BCUT2D eigenvalue weighted by molar-refractivity contribution is -0.384. The van der Waals surface area contributed by atoms with E-state index in [4.69, 9.17) is 0 Å². The Hall–Kier alpha value is -2.73. The van der Waals surface area contributed by atoms with Crippen LogP contribution in [0.15, 0.2) is 53.5 Å². The van der Waals surface area contributed by atoms with Crippen LogP contribution in [0.25, 0.3) is 0 Å². The molecular weight excluding hydrogens is 294 g/mol. The molecule has 0 radical (unpaired) electrons. The molecule has 1 unspecified atom stereocenters. The van der Waals surface area contributed by atoms with Crippen molar-refractivity contribution in [1.29, 1.82) is 0 Å². The van der Waals surface area contributed by atoms with Gasteiger partial charge in [-0.15, -0.1) is 0 Å². The summed E-state index contributed by atoms with van der Waals surface area (Å²) in [5, 5.41) is 20.6. The van der Waals surface area contributed by atoms with Gasteiger partial charge in [0, 0.05) is 38.1 Å². The van der Waals surface area contributed by atoms with Crippen LogP contribution in [0.1, 0.15) is 17.2 Å². The molecule has 0 spiro atoms. The summed E-state index contributed by atoms with van der Waals surface area (Å²) < 4.78 is 0. The maximum atomic E-state index is 10.6. The zero-order valence-corrected chi connectivity index (χ0v) is 13.1. The van der Waals surface area contributed by atoms with Crippen molar-refractivity contribution in [2.75, 3.05) is 25.5 Å². The van der Waals surface area contributed by atoms with Crippen molar-refractivity contribution in [3.63, 3.8) is 0 Å². The standard InChI is InChI=1S/C17H19N3O3/c1-19(2)15-7-3-13(4-8-15)11-18-12-17(21)14-5-9-16(10-6-14)20(22)23/h3-11,17,21H,12H2,1-2H3. The second-order valence-corrected chi connectivity index (χ2v) is 5.34. The molecule has 6 nitrogen and oxygen atoms in total. The van der Waals surface area contributed by atoms with Gasteiger partial charge < -0.3 is 10.0 Å². The number of rotatable bonds is 6. The molecule has 2 aromatic carbocycles. The molecule has 1 atom stereocenters. The Labute approximate surface area is 134 Å². The fraction of sp³-hybridized carbons (Fsp3) is 0.235. The Morgan fingerprint density at radius 2 is 1.78 bits per heavy atom. The van der Waals surface area contributed by atoms with Crippen molar-refractivity contribution in [3.8, 4) is 0 Å². The average Bonchev–Trinajstić information content (AvgIpc) is 2.55. The van der Waals surface area contributed by atoms with Crippen LogP contribution in [-0.4, -0.2) is 36.9 Å². The highest BCUT2D eigenvalue weighted by Gasteiger charge is 2.09. The summed E-state index contributed by atoms with van der Waals surface area (Å²) >= 11 is 0. The van der Waals surface area contributed by atoms with Crippen LogP contribution in [0.4, 0.5) is 11.4 Å². The summed E-state index contributed by atoms with van der Waals surface area (Å²) in [7, 11) is 3.95. The molecule has 0 fully saturated rings. The zero-order valence-electron chi connectivity index (χ0n) is 13.1. The number of aliphatic hydroxyl groups excluding tert-OH is 1. The number of nitro groups is 1. The molecule has 120 valence electrons. The minimum Gasteiger partial charge on any atom is -0.386 e. The van der Waals surface area contributed by atoms with Crippen LogP contribution >= 0.6 is 0 Å². The molecule has 0 aliphatic heterocycles. The normalized spacial score (nSPS) is 12.3. The number of aliphatic imine (C=N–C) groups is 1. The molecule has 0 saturated carbocycles. The van der Waals surface area contributed by atoms with Gasteiger partial charge in [0.15, 0.2) is 0 Å². The first kappa shape index (κ1) is 16.6. The molecule has 1 N–H and O–H groups in total. The van der Waals surface area contributed by atoms with Gasteiger partial charge in [0.25, 0.3) is 5.69 Å². The third-order valence-corrected chi connectivity index (χ3v) is 3.42. The highest BCUT2D eigenvalue weighted by Crippen LogP contribution is 2.18. The van der Waals surface area contributed by atoms with Crippen molar-refractivity contribution >= 4 is 17.6 Å². The number of hydrogen-bond acceptors (Lipinski definition) is 5. The van der Waals surface area contributed by atoms with Gasteiger partial charge in [-0.2, -0.15) is 0 Å². The topological polar surface area (TPSA) is 79.0 Å². The van der Waals surface area contributed by atoms with Gasteiger partial charge >= 0.3 is 0 Å². The highest BCUT2D eigenvalue weighted by atomic mass is 16.6. The van der Waals surface area contributed by atoms with Crippen LogP contribution in [0, 0.1) is 10.1 Å². The lowest BCUT2D eigenvalue weighted by Crippen LogP contribution is -2.08. The van der Waals surface area contributed by atoms with Crippen molar-refractivity contribution in [2.24, 2.45) is 4.99 Å². The van der Waals surface area contributed by atoms with E-state index in [1.165, 1.54) is 12.1 Å². The molecule has 0 amide bonds. The lowest BCUT2D eigenvalue weighted by Gasteiger charge is -2.11. The third-order valence-electron chi connectivity index (χ3n) is 3.42. The van der Waals surface area contributed by atoms with Crippen molar-refractivity contribution in [2.45, 2.75) is 6.10 Å². The Bertz CT molecular complexity index is 679. The first-order valence-corrected chi connectivity index (χ1v) is 7.17. The third kappa shape index (κ3) is 4.62. The van der Waals surface area contributed by atoms with Gasteiger partial charge in [-0.1, -0.05) is 12.1 Å². The fourth-order valence-electron chi connectivity index (χ4n) is 2.04. The van der Waals surface area contributed by atoms with E-state index in [0.717, 1.165) is 11.3 Å². The summed E-state index contributed by atoms with van der Waals surface area (Å²) in [5.41, 5.74) is 2.67. The summed E-state index contributed by atoms with van der Waals surface area (Å²) in [5.74, 6) is 0. The number of nitro benzene ring substituents is 1. The summed E-state index contributed by atoms with van der Waals surface area (Å²) in [6.45, 7) is 0.202. The Morgan fingerprint density at radius 3 is 2.30 bits per heavy atom. The second-order valence-electron chi connectivity index (χ2n) is 5.34. The van der Waals surface area contributed by atoms with Crippen LogP contribution in [-0.2, 0) is 0 Å². The van der Waals surface area contributed by atoms with E-state index in [2.05, 4.69) is 4.99 Å². The molecule has 0 aliphatic rings. The van der Waals surface area contributed by atoms with Gasteiger partial charge in [-0.05, 0) is 35.4 Å². The maximum absolute atomic E-state index is 10.6. The number of hydrogen-bond donors (Lipinski definition) is 1. The molecule has 0 aromatic heterocycles. The molecule has 23 heavy (non-hydrogen) atoms.